The van der Waals surface area contributed by atoms with Gasteiger partial charge in [0, 0.05) is 29.4 Å². The van der Waals surface area contributed by atoms with Gasteiger partial charge in [0.1, 0.15) is 11.5 Å². The summed E-state index contributed by atoms with van der Waals surface area (Å²) in [6, 6.07) is 15.7. The molecule has 1 atom stereocenters. The van der Waals surface area contributed by atoms with Gasteiger partial charge < -0.3 is 14.5 Å². The van der Waals surface area contributed by atoms with Gasteiger partial charge in [-0.25, -0.2) is 0 Å². The minimum Gasteiger partial charge on any atom is -0.480 e. The fraction of sp³-hybridized carbons (Fsp3) is 0.167. The number of nitrogens with one attached hydrogen (secondary N) is 1. The molecule has 4 heteroatoms. The van der Waals surface area contributed by atoms with E-state index in [1.807, 2.05) is 36.4 Å². The predicted molar refractivity (Wildman–Crippen MR) is 82.4 cm³/mol. The number of nitrogens with zero attached hydrogens (tertiary/aromatic N) is 1. The van der Waals surface area contributed by atoms with Crippen molar-refractivity contribution in [3.63, 3.8) is 0 Å². The zero-order valence-electron chi connectivity index (χ0n) is 11.9. The predicted octanol–water partition coefficient (Wildman–Crippen LogP) is 3.53. The summed E-state index contributed by atoms with van der Waals surface area (Å²) in [6.07, 6.45) is 1.54. The normalized spacial score (nSPS) is 17.0. The number of hydrogen-bond acceptors (Lipinski definition) is 4. The number of fused-ring (bicyclic) bond motifs is 2. The van der Waals surface area contributed by atoms with Crippen LogP contribution in [0, 0.1) is 11.3 Å². The van der Waals surface area contributed by atoms with E-state index in [2.05, 4.69) is 11.4 Å². The number of furan rings is 1. The van der Waals surface area contributed by atoms with Crippen LogP contribution in [0.15, 0.2) is 53.1 Å². The van der Waals surface area contributed by atoms with E-state index in [0.29, 0.717) is 12.1 Å². The molecule has 22 heavy (non-hydrogen) atoms. The van der Waals surface area contributed by atoms with Crippen molar-refractivity contribution in [3.05, 3.63) is 65.6 Å². The zero-order chi connectivity index (χ0) is 14.9. The van der Waals surface area contributed by atoms with Gasteiger partial charge in [-0.2, -0.15) is 5.26 Å². The van der Waals surface area contributed by atoms with Gasteiger partial charge in [0.2, 0.25) is 0 Å². The monoisotopic (exact) mass is 290 g/mol. The van der Waals surface area contributed by atoms with Crippen LogP contribution >= 0.6 is 0 Å². The van der Waals surface area contributed by atoms with Gasteiger partial charge in [0.15, 0.2) is 6.10 Å². The molecule has 0 saturated heterocycles. The van der Waals surface area contributed by atoms with Crippen molar-refractivity contribution < 1.29 is 9.15 Å². The van der Waals surface area contributed by atoms with E-state index in [-0.39, 0.29) is 6.10 Å². The Labute approximate surface area is 127 Å². The third-order valence-corrected chi connectivity index (χ3v) is 3.99. The smallest absolute Gasteiger partial charge is 0.169 e. The third kappa shape index (κ3) is 2.03. The number of hydrogen-bond donors (Lipinski definition) is 1. The van der Waals surface area contributed by atoms with Crippen LogP contribution in [0.25, 0.3) is 10.8 Å². The minimum atomic E-state index is -0.157. The summed E-state index contributed by atoms with van der Waals surface area (Å²) in [4.78, 5) is 0. The Morgan fingerprint density at radius 2 is 2.00 bits per heavy atom. The Kier molecular flexibility index (Phi) is 3.06. The standard InChI is InChI=1S/C18H14N2O2/c19-9-12-5-6-16(15-4-2-1-3-14(12)15)22-17-11-20-10-13-7-8-21-18(13)17/h1-8,17,20H,10-11H2. The van der Waals surface area contributed by atoms with Crippen LogP contribution in [0.3, 0.4) is 0 Å². The van der Waals surface area contributed by atoms with Gasteiger partial charge in [-0.1, -0.05) is 24.3 Å². The molecule has 1 aliphatic rings. The topological polar surface area (TPSA) is 58.2 Å². The van der Waals surface area contributed by atoms with Crippen molar-refractivity contribution >= 4 is 10.8 Å². The first-order chi connectivity index (χ1) is 10.9. The summed E-state index contributed by atoms with van der Waals surface area (Å²) in [5.74, 6) is 1.65. The SMILES string of the molecule is N#Cc1ccc(OC2CNCc3ccoc32)c2ccccc12. The highest BCUT2D eigenvalue weighted by molar-refractivity contribution is 5.92. The molecule has 1 unspecified atom stereocenters. The molecule has 1 aromatic heterocycles. The second-order valence-corrected chi connectivity index (χ2v) is 5.32. The van der Waals surface area contributed by atoms with Crippen LogP contribution in [-0.4, -0.2) is 6.54 Å². The number of ether oxygens (including phenoxy) is 1. The lowest BCUT2D eigenvalue weighted by Crippen LogP contribution is -2.30. The van der Waals surface area contributed by atoms with Crippen LogP contribution in [0.4, 0.5) is 0 Å². The van der Waals surface area contributed by atoms with E-state index < -0.39 is 0 Å². The molecule has 3 aromatic rings. The zero-order valence-corrected chi connectivity index (χ0v) is 11.9. The van der Waals surface area contributed by atoms with E-state index in [4.69, 9.17) is 9.15 Å². The maximum absolute atomic E-state index is 9.23. The first-order valence-corrected chi connectivity index (χ1v) is 7.22. The van der Waals surface area contributed by atoms with E-state index >= 15 is 0 Å². The molecule has 2 aromatic carbocycles. The molecule has 0 aliphatic carbocycles. The summed E-state index contributed by atoms with van der Waals surface area (Å²) >= 11 is 0. The maximum atomic E-state index is 9.23. The summed E-state index contributed by atoms with van der Waals surface area (Å²) in [5.41, 5.74) is 1.79. The van der Waals surface area contributed by atoms with Gasteiger partial charge in [-0.15, -0.1) is 0 Å². The summed E-state index contributed by atoms with van der Waals surface area (Å²) in [7, 11) is 0. The largest absolute Gasteiger partial charge is 0.480 e. The second-order valence-electron chi connectivity index (χ2n) is 5.32. The number of rotatable bonds is 2. The first-order valence-electron chi connectivity index (χ1n) is 7.22. The summed E-state index contributed by atoms with van der Waals surface area (Å²) in [5, 5.41) is 14.4. The van der Waals surface area contributed by atoms with E-state index in [0.717, 1.165) is 34.4 Å². The Morgan fingerprint density at radius 3 is 2.86 bits per heavy atom. The van der Waals surface area contributed by atoms with Crippen molar-refractivity contribution in [1.82, 2.24) is 5.32 Å². The van der Waals surface area contributed by atoms with Gasteiger partial charge in [0.25, 0.3) is 0 Å². The fourth-order valence-corrected chi connectivity index (χ4v) is 2.93. The van der Waals surface area contributed by atoms with Crippen molar-refractivity contribution in [2.75, 3.05) is 6.54 Å². The minimum absolute atomic E-state index is 0.157. The molecule has 0 spiro atoms. The van der Waals surface area contributed by atoms with E-state index in [1.54, 1.807) is 12.3 Å². The van der Waals surface area contributed by atoms with Gasteiger partial charge in [0.05, 0.1) is 17.9 Å². The lowest BCUT2D eigenvalue weighted by Gasteiger charge is -2.24. The van der Waals surface area contributed by atoms with E-state index in [1.165, 1.54) is 0 Å². The molecule has 0 bridgehead atoms. The molecule has 0 amide bonds. The van der Waals surface area contributed by atoms with Gasteiger partial charge in [-0.05, 0) is 18.2 Å². The molecular weight excluding hydrogens is 276 g/mol. The van der Waals surface area contributed by atoms with E-state index in [9.17, 15) is 5.26 Å². The van der Waals surface area contributed by atoms with Crippen LogP contribution in [0.1, 0.15) is 23.0 Å². The molecule has 108 valence electrons. The second kappa shape index (κ2) is 5.21. The Bertz CT molecular complexity index is 876. The highest BCUT2D eigenvalue weighted by Gasteiger charge is 2.25. The lowest BCUT2D eigenvalue weighted by molar-refractivity contribution is 0.164. The molecule has 2 heterocycles. The average molecular weight is 290 g/mol. The Balaban J connectivity index is 1.77. The summed E-state index contributed by atoms with van der Waals surface area (Å²) < 4.78 is 11.8. The highest BCUT2D eigenvalue weighted by Crippen LogP contribution is 2.33. The van der Waals surface area contributed by atoms with Crippen LogP contribution in [-0.2, 0) is 6.54 Å². The molecule has 0 fully saturated rings. The molecule has 0 radical (unpaired) electrons. The fourth-order valence-electron chi connectivity index (χ4n) is 2.93. The van der Waals surface area contributed by atoms with Gasteiger partial charge >= 0.3 is 0 Å². The Hall–Kier alpha value is -2.77. The molecule has 0 saturated carbocycles. The summed E-state index contributed by atoms with van der Waals surface area (Å²) in [6.45, 7) is 1.51. The maximum Gasteiger partial charge on any atom is 0.169 e. The van der Waals surface area contributed by atoms with Gasteiger partial charge in [-0.3, -0.25) is 0 Å². The molecular formula is C18H14N2O2. The van der Waals surface area contributed by atoms with Crippen LogP contribution < -0.4 is 10.1 Å². The molecule has 1 aliphatic heterocycles. The van der Waals surface area contributed by atoms with Crippen LogP contribution in [0.2, 0.25) is 0 Å². The number of benzene rings is 2. The van der Waals surface area contributed by atoms with Crippen molar-refractivity contribution in [2.45, 2.75) is 12.6 Å². The van der Waals surface area contributed by atoms with Crippen molar-refractivity contribution in [2.24, 2.45) is 0 Å². The third-order valence-electron chi connectivity index (χ3n) is 3.99. The Morgan fingerprint density at radius 1 is 1.14 bits per heavy atom. The highest BCUT2D eigenvalue weighted by atomic mass is 16.5. The first kappa shape index (κ1) is 12.9. The molecule has 4 nitrogen and oxygen atoms in total. The average Bonchev–Trinajstić information content (AvgIpc) is 3.05. The molecule has 4 rings (SSSR count). The van der Waals surface area contributed by atoms with Crippen LogP contribution in [0.5, 0.6) is 5.75 Å². The van der Waals surface area contributed by atoms with Crippen molar-refractivity contribution in [3.8, 4) is 11.8 Å². The quantitative estimate of drug-likeness (QED) is 0.784. The number of nitriles is 1. The molecule has 1 N–H and O–H groups in total. The van der Waals surface area contributed by atoms with Crippen molar-refractivity contribution in [1.29, 1.82) is 5.26 Å². The lowest BCUT2D eigenvalue weighted by atomic mass is 10.0.